The van der Waals surface area contributed by atoms with E-state index in [1.807, 2.05) is 0 Å². The highest BCUT2D eigenvalue weighted by Gasteiger charge is 2.32. The molecule has 1 aliphatic heterocycles. The maximum Gasteiger partial charge on any atom is 0.237 e. The molecule has 0 spiro atoms. The summed E-state index contributed by atoms with van der Waals surface area (Å²) in [7, 11) is 0. The number of rotatable bonds is 6. The van der Waals surface area contributed by atoms with Gasteiger partial charge in [0.1, 0.15) is 5.82 Å². The van der Waals surface area contributed by atoms with E-state index in [0.29, 0.717) is 13.1 Å². The Hall–Kier alpha value is -2.19. The summed E-state index contributed by atoms with van der Waals surface area (Å²) in [5, 5.41) is 5.27. The summed E-state index contributed by atoms with van der Waals surface area (Å²) in [5.74, 6) is -1.96. The van der Waals surface area contributed by atoms with Gasteiger partial charge in [0.2, 0.25) is 17.7 Å². The molecule has 3 amide bonds. The van der Waals surface area contributed by atoms with E-state index in [1.165, 1.54) is 12.1 Å². The van der Waals surface area contributed by atoms with Gasteiger partial charge in [0.15, 0.2) is 0 Å². The van der Waals surface area contributed by atoms with Gasteiger partial charge in [-0.1, -0.05) is 17.7 Å². The van der Waals surface area contributed by atoms with Crippen LogP contribution in [0.4, 0.5) is 4.39 Å². The summed E-state index contributed by atoms with van der Waals surface area (Å²) in [4.78, 5) is 36.3. The number of amides is 3. The molecular weight excluding hydrogens is 339 g/mol. The van der Waals surface area contributed by atoms with Crippen molar-refractivity contribution in [2.24, 2.45) is 5.73 Å². The monoisotopic (exact) mass is 356 g/mol. The second-order valence-electron chi connectivity index (χ2n) is 5.42. The number of hydrogen-bond acceptors (Lipinski definition) is 4. The van der Waals surface area contributed by atoms with Crippen molar-refractivity contribution in [1.29, 1.82) is 0 Å². The fraction of sp³-hybridized carbons (Fsp3) is 0.400. The zero-order chi connectivity index (χ0) is 17.7. The van der Waals surface area contributed by atoms with E-state index in [0.717, 1.165) is 0 Å². The first-order valence-corrected chi connectivity index (χ1v) is 7.76. The molecule has 1 atom stereocenters. The lowest BCUT2D eigenvalue weighted by atomic mass is 10.1. The normalized spacial score (nSPS) is 18.1. The Bertz CT molecular complexity index is 635. The molecule has 130 valence electrons. The highest BCUT2D eigenvalue weighted by molar-refractivity contribution is 6.31. The molecule has 1 aromatic rings. The van der Waals surface area contributed by atoms with Crippen LogP contribution in [0.15, 0.2) is 18.2 Å². The standard InChI is InChI=1S/C15H18ClFN4O3/c16-10-2-1-3-11(17)9(10)8-21-5-4-19-15(24)12(21)6-14(23)20-7-13(18)22/h1-3,12H,4-8H2,(H2,18,22)(H,19,24)(H,20,23)/t12-/m0/s1. The first kappa shape index (κ1) is 18.2. The zero-order valence-corrected chi connectivity index (χ0v) is 13.6. The van der Waals surface area contributed by atoms with Crippen LogP contribution >= 0.6 is 11.6 Å². The third kappa shape index (κ3) is 4.65. The van der Waals surface area contributed by atoms with Crippen molar-refractivity contribution in [3.05, 3.63) is 34.6 Å². The summed E-state index contributed by atoms with van der Waals surface area (Å²) in [6, 6.07) is 3.58. The zero-order valence-electron chi connectivity index (χ0n) is 12.9. The predicted molar refractivity (Wildman–Crippen MR) is 85.4 cm³/mol. The van der Waals surface area contributed by atoms with Crippen molar-refractivity contribution in [2.75, 3.05) is 19.6 Å². The van der Waals surface area contributed by atoms with E-state index < -0.39 is 23.7 Å². The Morgan fingerprint density at radius 3 is 2.88 bits per heavy atom. The molecule has 0 unspecified atom stereocenters. The number of piperazine rings is 1. The summed E-state index contributed by atoms with van der Waals surface area (Å²) in [6.07, 6.45) is -0.162. The third-order valence-electron chi connectivity index (χ3n) is 3.70. The molecular formula is C15H18ClFN4O3. The van der Waals surface area contributed by atoms with Crippen LogP contribution in [-0.4, -0.2) is 48.3 Å². The highest BCUT2D eigenvalue weighted by atomic mass is 35.5. The van der Waals surface area contributed by atoms with Gasteiger partial charge in [-0.05, 0) is 12.1 Å². The average molecular weight is 357 g/mol. The molecule has 24 heavy (non-hydrogen) atoms. The number of nitrogens with two attached hydrogens (primary N) is 1. The Balaban J connectivity index is 2.10. The maximum atomic E-state index is 14.0. The molecule has 1 aliphatic rings. The number of carbonyl (C=O) groups is 3. The summed E-state index contributed by atoms with van der Waals surface area (Å²) >= 11 is 6.03. The fourth-order valence-electron chi connectivity index (χ4n) is 2.49. The first-order valence-electron chi connectivity index (χ1n) is 7.38. The van der Waals surface area contributed by atoms with E-state index in [1.54, 1.807) is 11.0 Å². The van der Waals surface area contributed by atoms with Crippen LogP contribution < -0.4 is 16.4 Å². The average Bonchev–Trinajstić information content (AvgIpc) is 2.52. The molecule has 9 heteroatoms. The molecule has 0 saturated carbocycles. The van der Waals surface area contributed by atoms with E-state index in [4.69, 9.17) is 17.3 Å². The van der Waals surface area contributed by atoms with Gasteiger partial charge in [-0.15, -0.1) is 0 Å². The molecule has 2 rings (SSSR count). The Morgan fingerprint density at radius 2 is 2.21 bits per heavy atom. The summed E-state index contributed by atoms with van der Waals surface area (Å²) in [6.45, 7) is 0.646. The molecule has 1 fully saturated rings. The second kappa shape index (κ2) is 8.07. The highest BCUT2D eigenvalue weighted by Crippen LogP contribution is 2.23. The van der Waals surface area contributed by atoms with E-state index in [2.05, 4.69) is 10.6 Å². The van der Waals surface area contributed by atoms with E-state index >= 15 is 0 Å². The van der Waals surface area contributed by atoms with Gasteiger partial charge in [-0.3, -0.25) is 19.3 Å². The van der Waals surface area contributed by atoms with Crippen LogP contribution in [-0.2, 0) is 20.9 Å². The van der Waals surface area contributed by atoms with Crippen LogP contribution in [0.5, 0.6) is 0 Å². The van der Waals surface area contributed by atoms with Crippen molar-refractivity contribution < 1.29 is 18.8 Å². The lowest BCUT2D eigenvalue weighted by Gasteiger charge is -2.34. The quantitative estimate of drug-likeness (QED) is 0.655. The van der Waals surface area contributed by atoms with Crippen LogP contribution in [0.3, 0.4) is 0 Å². The number of halogens is 2. The lowest BCUT2D eigenvalue weighted by molar-refractivity contribution is -0.134. The largest absolute Gasteiger partial charge is 0.368 e. The van der Waals surface area contributed by atoms with Gasteiger partial charge in [0.25, 0.3) is 0 Å². The van der Waals surface area contributed by atoms with Crippen molar-refractivity contribution in [3.8, 4) is 0 Å². The molecule has 0 bridgehead atoms. The van der Waals surface area contributed by atoms with Gasteiger partial charge in [-0.2, -0.15) is 0 Å². The first-order chi connectivity index (χ1) is 11.4. The van der Waals surface area contributed by atoms with Crippen LogP contribution in [0.25, 0.3) is 0 Å². The lowest BCUT2D eigenvalue weighted by Crippen LogP contribution is -2.56. The van der Waals surface area contributed by atoms with Crippen molar-refractivity contribution >= 4 is 29.3 Å². The molecule has 4 N–H and O–H groups in total. The van der Waals surface area contributed by atoms with Gasteiger partial charge < -0.3 is 16.4 Å². The SMILES string of the molecule is NC(=O)CNC(=O)C[C@H]1C(=O)NCCN1Cc1c(F)cccc1Cl. The minimum Gasteiger partial charge on any atom is -0.368 e. The number of hydrogen-bond donors (Lipinski definition) is 3. The molecule has 0 aliphatic carbocycles. The smallest absolute Gasteiger partial charge is 0.237 e. The predicted octanol–water partition coefficient (Wildman–Crippen LogP) is -0.229. The van der Waals surface area contributed by atoms with Crippen molar-refractivity contribution in [2.45, 2.75) is 19.0 Å². The van der Waals surface area contributed by atoms with Gasteiger partial charge in [-0.25, -0.2) is 4.39 Å². The van der Waals surface area contributed by atoms with E-state index in [-0.39, 0.29) is 36.0 Å². The van der Waals surface area contributed by atoms with Crippen molar-refractivity contribution in [1.82, 2.24) is 15.5 Å². The second-order valence-corrected chi connectivity index (χ2v) is 5.83. The van der Waals surface area contributed by atoms with Gasteiger partial charge >= 0.3 is 0 Å². The van der Waals surface area contributed by atoms with E-state index in [9.17, 15) is 18.8 Å². The molecule has 1 saturated heterocycles. The van der Waals surface area contributed by atoms with Crippen LogP contribution in [0.2, 0.25) is 5.02 Å². The number of nitrogens with zero attached hydrogens (tertiary/aromatic N) is 1. The molecule has 7 nitrogen and oxygen atoms in total. The summed E-state index contributed by atoms with van der Waals surface area (Å²) in [5.41, 5.74) is 5.24. The molecule has 0 aromatic heterocycles. The van der Waals surface area contributed by atoms with Gasteiger partial charge in [0, 0.05) is 30.2 Å². The number of primary amides is 1. The summed E-state index contributed by atoms with van der Waals surface area (Å²) < 4.78 is 14.0. The number of benzene rings is 1. The Labute approximate surface area is 143 Å². The number of carbonyl (C=O) groups excluding carboxylic acids is 3. The third-order valence-corrected chi connectivity index (χ3v) is 4.06. The number of nitrogens with one attached hydrogen (secondary N) is 2. The van der Waals surface area contributed by atoms with Crippen LogP contribution in [0.1, 0.15) is 12.0 Å². The topological polar surface area (TPSA) is 105 Å². The molecule has 1 aromatic carbocycles. The minimum absolute atomic E-state index is 0.104. The Morgan fingerprint density at radius 1 is 1.46 bits per heavy atom. The Kier molecular flexibility index (Phi) is 6.10. The molecule has 1 heterocycles. The fourth-order valence-corrected chi connectivity index (χ4v) is 2.72. The molecule has 0 radical (unpaired) electrons. The maximum absolute atomic E-state index is 14.0. The minimum atomic E-state index is -0.776. The van der Waals surface area contributed by atoms with Gasteiger partial charge in [0.05, 0.1) is 19.0 Å². The van der Waals surface area contributed by atoms with Crippen LogP contribution in [0, 0.1) is 5.82 Å². The van der Waals surface area contributed by atoms with Crippen molar-refractivity contribution in [3.63, 3.8) is 0 Å².